The van der Waals surface area contributed by atoms with Gasteiger partial charge in [0, 0.05) is 39.7 Å². The van der Waals surface area contributed by atoms with Crippen molar-refractivity contribution in [2.75, 3.05) is 27.3 Å². The molecule has 0 aromatic rings. The van der Waals surface area contributed by atoms with Crippen LogP contribution in [0.3, 0.4) is 0 Å². The van der Waals surface area contributed by atoms with Crippen LogP contribution in [-0.2, 0) is 18.1 Å². The van der Waals surface area contributed by atoms with Crippen molar-refractivity contribution >= 4 is 7.82 Å². The predicted molar refractivity (Wildman–Crippen MR) is 92.7 cm³/mol. The maximum atomic E-state index is 12.2. The van der Waals surface area contributed by atoms with Crippen molar-refractivity contribution in [1.82, 2.24) is 9.80 Å². The zero-order valence-corrected chi connectivity index (χ0v) is 16.0. The lowest BCUT2D eigenvalue weighted by molar-refractivity contribution is -0.0479. The van der Waals surface area contributed by atoms with Gasteiger partial charge in [-0.2, -0.15) is 0 Å². The summed E-state index contributed by atoms with van der Waals surface area (Å²) in [5.41, 5.74) is 0. The lowest BCUT2D eigenvalue weighted by Gasteiger charge is -2.32. The molecule has 0 amide bonds. The molecule has 1 unspecified atom stereocenters. The van der Waals surface area contributed by atoms with E-state index in [1.807, 2.05) is 24.2 Å². The quantitative estimate of drug-likeness (QED) is 0.360. The number of unbranched alkanes of at least 4 members (excludes halogenated alkanes) is 6. The number of phosphoric ester groups is 1. The lowest BCUT2D eigenvalue weighted by Crippen LogP contribution is -2.40. The molecule has 0 bridgehead atoms. The summed E-state index contributed by atoms with van der Waals surface area (Å²) in [6, 6.07) is 0. The van der Waals surface area contributed by atoms with E-state index in [0.29, 0.717) is 0 Å². The molecule has 0 N–H and O–H groups in total. The van der Waals surface area contributed by atoms with Crippen LogP contribution in [0.2, 0.25) is 0 Å². The first kappa shape index (κ1) is 20.5. The van der Waals surface area contributed by atoms with Gasteiger partial charge in [0.2, 0.25) is 6.35 Å². The lowest BCUT2D eigenvalue weighted by atomic mass is 10.1. The molecule has 6 nitrogen and oxygen atoms in total. The molecule has 1 aliphatic rings. The van der Waals surface area contributed by atoms with E-state index in [9.17, 15) is 4.57 Å². The molecule has 0 saturated carbocycles. The van der Waals surface area contributed by atoms with E-state index in [1.165, 1.54) is 52.7 Å². The molecule has 0 aromatic carbocycles. The van der Waals surface area contributed by atoms with Gasteiger partial charge in [0.25, 0.3) is 0 Å². The topological polar surface area (TPSA) is 51.2 Å². The van der Waals surface area contributed by atoms with Gasteiger partial charge < -0.3 is 9.80 Å². The molecule has 0 saturated heterocycles. The Labute approximate surface area is 141 Å². The first-order valence-corrected chi connectivity index (χ1v) is 10.2. The third-order valence-corrected chi connectivity index (χ3v) is 5.41. The highest BCUT2D eigenvalue weighted by atomic mass is 31.2. The highest BCUT2D eigenvalue weighted by Crippen LogP contribution is 2.50. The summed E-state index contributed by atoms with van der Waals surface area (Å²) in [5.74, 6) is 0. The maximum absolute atomic E-state index is 12.2. The largest absolute Gasteiger partial charge is 0.477 e. The van der Waals surface area contributed by atoms with Crippen molar-refractivity contribution in [3.05, 3.63) is 12.4 Å². The van der Waals surface area contributed by atoms with Crippen LogP contribution >= 0.6 is 7.82 Å². The summed E-state index contributed by atoms with van der Waals surface area (Å²) >= 11 is 0. The number of nitrogens with zero attached hydrogens (tertiary/aromatic N) is 2. The fraction of sp³-hybridized carbons (Fsp3) is 0.875. The van der Waals surface area contributed by atoms with E-state index in [2.05, 4.69) is 11.8 Å². The Kier molecular flexibility index (Phi) is 9.88. The summed E-state index contributed by atoms with van der Waals surface area (Å²) in [7, 11) is -0.825. The normalized spacial score (nSPS) is 18.2. The standard InChI is InChI=1S/C16H33N2O4P/c1-5-7-8-9-10-11-12-13-18-15-14-17(6-2)16(18)22-23(19,20-3)21-4/h14-16H,5-13H2,1-4H3. The van der Waals surface area contributed by atoms with Gasteiger partial charge in [0.15, 0.2) is 0 Å². The van der Waals surface area contributed by atoms with Gasteiger partial charge in [0.05, 0.1) is 0 Å². The number of hydrogen-bond donors (Lipinski definition) is 0. The first-order valence-electron chi connectivity index (χ1n) is 8.70. The van der Waals surface area contributed by atoms with Crippen molar-refractivity contribution in [1.29, 1.82) is 0 Å². The van der Waals surface area contributed by atoms with Crippen molar-refractivity contribution < 1.29 is 18.1 Å². The van der Waals surface area contributed by atoms with E-state index in [1.54, 1.807) is 0 Å². The summed E-state index contributed by atoms with van der Waals surface area (Å²) in [6.07, 6.45) is 12.4. The monoisotopic (exact) mass is 348 g/mol. The molecule has 1 heterocycles. The second-order valence-electron chi connectivity index (χ2n) is 5.73. The zero-order valence-electron chi connectivity index (χ0n) is 15.1. The maximum Gasteiger partial charge on any atom is 0.477 e. The highest BCUT2D eigenvalue weighted by molar-refractivity contribution is 7.48. The van der Waals surface area contributed by atoms with Crippen LogP contribution in [0.5, 0.6) is 0 Å². The molecule has 1 rings (SSSR count). The van der Waals surface area contributed by atoms with Crippen LogP contribution in [0.25, 0.3) is 0 Å². The summed E-state index contributed by atoms with van der Waals surface area (Å²) in [5, 5.41) is 0. The Bertz CT molecular complexity index is 384. The Morgan fingerprint density at radius 1 is 0.913 bits per heavy atom. The Balaban J connectivity index is 2.40. The van der Waals surface area contributed by atoms with Crippen molar-refractivity contribution in [2.45, 2.75) is 65.1 Å². The average Bonchev–Trinajstić information content (AvgIpc) is 2.95. The molecule has 0 fully saturated rings. The molecule has 0 radical (unpaired) electrons. The molecule has 1 atom stereocenters. The Hall–Kier alpha value is -0.550. The van der Waals surface area contributed by atoms with Crippen molar-refractivity contribution in [3.8, 4) is 0 Å². The second kappa shape index (κ2) is 11.1. The van der Waals surface area contributed by atoms with Crippen molar-refractivity contribution in [2.24, 2.45) is 0 Å². The second-order valence-corrected chi connectivity index (χ2v) is 7.57. The van der Waals surface area contributed by atoms with Crippen LogP contribution in [0.1, 0.15) is 58.8 Å². The molecule has 0 aromatic heterocycles. The zero-order chi connectivity index (χ0) is 17.1. The van der Waals surface area contributed by atoms with Crippen LogP contribution < -0.4 is 0 Å². The van der Waals surface area contributed by atoms with Crippen LogP contribution in [0.4, 0.5) is 0 Å². The Morgan fingerprint density at radius 3 is 2.04 bits per heavy atom. The van der Waals surface area contributed by atoms with E-state index in [0.717, 1.165) is 19.5 Å². The minimum absolute atomic E-state index is 0.425. The fourth-order valence-corrected chi connectivity index (χ4v) is 3.40. The van der Waals surface area contributed by atoms with Crippen LogP contribution in [0.15, 0.2) is 12.4 Å². The van der Waals surface area contributed by atoms with Crippen molar-refractivity contribution in [3.63, 3.8) is 0 Å². The van der Waals surface area contributed by atoms with Gasteiger partial charge in [-0.1, -0.05) is 45.4 Å². The highest BCUT2D eigenvalue weighted by Gasteiger charge is 2.35. The van der Waals surface area contributed by atoms with Gasteiger partial charge in [-0.05, 0) is 13.3 Å². The summed E-state index contributed by atoms with van der Waals surface area (Å²) < 4.78 is 27.7. The SMILES string of the molecule is CCCCCCCCCN1C=CN(CC)C1OP(=O)(OC)OC. The van der Waals surface area contributed by atoms with Gasteiger partial charge in [0.1, 0.15) is 0 Å². The molecule has 7 heteroatoms. The molecule has 0 spiro atoms. The molecule has 1 aliphatic heterocycles. The number of phosphoric acid groups is 1. The van der Waals surface area contributed by atoms with Gasteiger partial charge in [-0.25, -0.2) is 9.09 Å². The molecule has 23 heavy (non-hydrogen) atoms. The van der Waals surface area contributed by atoms with E-state index in [4.69, 9.17) is 13.6 Å². The smallest absolute Gasteiger partial charge is 0.334 e. The number of rotatable bonds is 13. The van der Waals surface area contributed by atoms with Crippen LogP contribution in [-0.4, -0.2) is 43.5 Å². The molecule has 0 aliphatic carbocycles. The van der Waals surface area contributed by atoms with Gasteiger partial charge in [-0.3, -0.25) is 9.05 Å². The van der Waals surface area contributed by atoms with E-state index >= 15 is 0 Å². The molecular weight excluding hydrogens is 315 g/mol. The average molecular weight is 348 g/mol. The van der Waals surface area contributed by atoms with E-state index < -0.39 is 14.2 Å². The minimum atomic E-state index is -3.50. The molecular formula is C16H33N2O4P. The van der Waals surface area contributed by atoms with E-state index in [-0.39, 0.29) is 0 Å². The molecule has 136 valence electrons. The third-order valence-electron chi connectivity index (χ3n) is 4.07. The summed E-state index contributed by atoms with van der Waals surface area (Å²) in [4.78, 5) is 4.03. The predicted octanol–water partition coefficient (Wildman–Crippen LogP) is 4.55. The fourth-order valence-electron chi connectivity index (χ4n) is 2.60. The minimum Gasteiger partial charge on any atom is -0.334 e. The van der Waals surface area contributed by atoms with Crippen LogP contribution in [0, 0.1) is 0 Å². The third kappa shape index (κ3) is 6.84. The van der Waals surface area contributed by atoms with Gasteiger partial charge >= 0.3 is 7.82 Å². The Morgan fingerprint density at radius 2 is 1.48 bits per heavy atom. The van der Waals surface area contributed by atoms with Gasteiger partial charge in [-0.15, -0.1) is 0 Å². The first-order chi connectivity index (χ1) is 11.1. The summed E-state index contributed by atoms with van der Waals surface area (Å²) in [6.45, 7) is 5.90. The number of hydrogen-bond acceptors (Lipinski definition) is 6.